The van der Waals surface area contributed by atoms with Gasteiger partial charge in [0.25, 0.3) is 0 Å². The van der Waals surface area contributed by atoms with Crippen LogP contribution < -0.4 is 33.3 Å². The first-order valence-electron chi connectivity index (χ1n) is 14.3. The van der Waals surface area contributed by atoms with Crippen LogP contribution in [-0.4, -0.2) is 73.0 Å². The van der Waals surface area contributed by atoms with Gasteiger partial charge in [0, 0.05) is 38.3 Å². The van der Waals surface area contributed by atoms with E-state index in [1.54, 1.807) is 0 Å². The van der Waals surface area contributed by atoms with Gasteiger partial charge in [-0.05, 0) is 60.1 Å². The van der Waals surface area contributed by atoms with Crippen molar-refractivity contribution < 1.29 is 50.4 Å². The number of nitrogens with one attached hydrogen (secondary N) is 2. The van der Waals surface area contributed by atoms with Crippen molar-refractivity contribution in [2.45, 2.75) is 56.7 Å². The summed E-state index contributed by atoms with van der Waals surface area (Å²) in [6, 6.07) is 3.19. The summed E-state index contributed by atoms with van der Waals surface area (Å²) in [6.07, 6.45) is -9.87. The first-order valence-corrected chi connectivity index (χ1v) is 14.3. The molecular formula is C28H35BF6N6O5. The van der Waals surface area contributed by atoms with Crippen molar-refractivity contribution in [1.29, 1.82) is 0 Å². The molecular weight excluding hydrogens is 625 g/mol. The van der Waals surface area contributed by atoms with Crippen molar-refractivity contribution in [1.82, 2.24) is 10.2 Å². The van der Waals surface area contributed by atoms with Gasteiger partial charge in [-0.1, -0.05) is 12.1 Å². The molecule has 2 atom stereocenters. The van der Waals surface area contributed by atoms with Crippen LogP contribution in [0.5, 0.6) is 0 Å². The van der Waals surface area contributed by atoms with Gasteiger partial charge in [0.2, 0.25) is 17.7 Å². The zero-order valence-electron chi connectivity index (χ0n) is 24.6. The maximum Gasteiger partial charge on any atom is 0.491 e. The number of rotatable bonds is 14. The summed E-state index contributed by atoms with van der Waals surface area (Å²) >= 11 is 0. The predicted octanol–water partition coefficient (Wildman–Crippen LogP) is 0.852. The molecule has 0 aromatic heterocycles. The van der Waals surface area contributed by atoms with Gasteiger partial charge in [-0.2, -0.15) is 26.3 Å². The lowest BCUT2D eigenvalue weighted by Gasteiger charge is -2.23. The number of nitrogens with zero attached hydrogens (tertiary/aromatic N) is 1. The third-order valence-corrected chi connectivity index (χ3v) is 7.30. The number of hydrogen-bond acceptors (Lipinski definition) is 8. The smallest absolute Gasteiger partial charge is 0.423 e. The summed E-state index contributed by atoms with van der Waals surface area (Å²) < 4.78 is 85.1. The topological polar surface area (TPSA) is 186 Å². The fourth-order valence-electron chi connectivity index (χ4n) is 4.84. The lowest BCUT2D eigenvalue weighted by atomic mass is 9.78. The number of nitrogens with two attached hydrogens (primary N) is 3. The highest BCUT2D eigenvalue weighted by Crippen LogP contribution is 2.35. The van der Waals surface area contributed by atoms with Gasteiger partial charge in [-0.25, -0.2) is 0 Å². The van der Waals surface area contributed by atoms with Crippen molar-refractivity contribution in [3.63, 3.8) is 0 Å². The number of halogens is 6. The van der Waals surface area contributed by atoms with E-state index in [4.69, 9.17) is 21.9 Å². The highest BCUT2D eigenvalue weighted by molar-refractivity contribution is 6.61. The average molecular weight is 660 g/mol. The van der Waals surface area contributed by atoms with Crippen LogP contribution in [0.2, 0.25) is 0 Å². The Morgan fingerprint density at radius 1 is 0.957 bits per heavy atom. The molecule has 0 fully saturated rings. The standard InChI is InChI=1S/C28H35BF6N6O5/c30-27(31,32)17-4-1-16(2-5-17)3-7-23(40-25(43)22(38)6-8-24(42)41(11-9-36)12-10-37)26(44)39-18-13-20(28(33,34)35)19-15-46-29(45)21(19)14-18/h1-2,4-5,13-14,22-23,45H,3,6-12,15,36-38H2,(H,39,44)(H,40,43). The SMILES string of the molecule is NCCN(CCN)C(=O)CCC(N)C(=O)NC(CCc1ccc(C(F)(F)F)cc1)C(=O)Nc1cc2c(c(C(F)(F)F)c1)COB2O. The number of aryl methyl sites for hydroxylation is 1. The molecule has 0 spiro atoms. The van der Waals surface area contributed by atoms with Crippen LogP contribution >= 0.6 is 0 Å². The van der Waals surface area contributed by atoms with E-state index in [-0.39, 0.29) is 74.5 Å². The lowest BCUT2D eigenvalue weighted by molar-refractivity contribution is -0.138. The van der Waals surface area contributed by atoms with Gasteiger partial charge in [-0.15, -0.1) is 0 Å². The van der Waals surface area contributed by atoms with E-state index in [9.17, 15) is 45.8 Å². The van der Waals surface area contributed by atoms with Gasteiger partial charge in [0.1, 0.15) is 6.04 Å². The Kier molecular flexibility index (Phi) is 12.6. The average Bonchev–Trinajstić information content (AvgIpc) is 3.36. The first kappa shape index (κ1) is 36.8. The number of benzene rings is 2. The number of alkyl halides is 6. The van der Waals surface area contributed by atoms with E-state index in [1.165, 1.54) is 17.0 Å². The number of anilines is 1. The highest BCUT2D eigenvalue weighted by atomic mass is 19.4. The molecule has 0 saturated heterocycles. The molecule has 11 nitrogen and oxygen atoms in total. The molecule has 0 radical (unpaired) electrons. The van der Waals surface area contributed by atoms with Crippen LogP contribution in [0.1, 0.15) is 41.5 Å². The first-order chi connectivity index (χ1) is 21.5. The summed E-state index contributed by atoms with van der Waals surface area (Å²) in [6.45, 7) is 0.364. The van der Waals surface area contributed by atoms with Crippen LogP contribution in [-0.2, 0) is 44.4 Å². The molecule has 3 rings (SSSR count). The van der Waals surface area contributed by atoms with E-state index in [2.05, 4.69) is 10.6 Å². The fraction of sp³-hybridized carbons (Fsp3) is 0.464. The number of amides is 3. The van der Waals surface area contributed by atoms with Crippen molar-refractivity contribution in [2.75, 3.05) is 31.5 Å². The lowest BCUT2D eigenvalue weighted by Crippen LogP contribution is -2.50. The summed E-state index contributed by atoms with van der Waals surface area (Å²) in [5, 5.41) is 14.7. The third-order valence-electron chi connectivity index (χ3n) is 7.30. The predicted molar refractivity (Wildman–Crippen MR) is 156 cm³/mol. The Bertz CT molecular complexity index is 1370. The molecule has 0 aliphatic carbocycles. The molecule has 2 aromatic carbocycles. The molecule has 0 saturated carbocycles. The molecule has 0 bridgehead atoms. The quantitative estimate of drug-likeness (QED) is 0.127. The number of fused-ring (bicyclic) bond motifs is 1. The molecule has 2 unspecified atom stereocenters. The number of carbonyl (C=O) groups is 3. The van der Waals surface area contributed by atoms with E-state index >= 15 is 0 Å². The molecule has 252 valence electrons. The molecule has 9 N–H and O–H groups in total. The van der Waals surface area contributed by atoms with E-state index < -0.39 is 61.1 Å². The maximum absolute atomic E-state index is 13.8. The van der Waals surface area contributed by atoms with Crippen molar-refractivity contribution in [3.05, 3.63) is 58.7 Å². The zero-order chi connectivity index (χ0) is 34.2. The summed E-state index contributed by atoms with van der Waals surface area (Å²) in [4.78, 5) is 40.3. The fourth-order valence-corrected chi connectivity index (χ4v) is 4.84. The Hall–Kier alpha value is -3.71. The Morgan fingerprint density at radius 2 is 1.59 bits per heavy atom. The Balaban J connectivity index is 1.79. The number of hydrogen-bond donors (Lipinski definition) is 6. The Labute approximate surface area is 260 Å². The third kappa shape index (κ3) is 9.90. The minimum absolute atomic E-state index is 0.0120. The van der Waals surface area contributed by atoms with Crippen LogP contribution in [0.25, 0.3) is 0 Å². The second-order valence-corrected chi connectivity index (χ2v) is 10.6. The summed E-state index contributed by atoms with van der Waals surface area (Å²) in [5.41, 5.74) is 14.5. The maximum atomic E-state index is 13.8. The van der Waals surface area contributed by atoms with E-state index in [0.717, 1.165) is 18.2 Å². The normalized spacial score (nSPS) is 14.4. The van der Waals surface area contributed by atoms with Crippen LogP contribution in [0.15, 0.2) is 36.4 Å². The van der Waals surface area contributed by atoms with Gasteiger partial charge in [-0.3, -0.25) is 14.4 Å². The monoisotopic (exact) mass is 660 g/mol. The van der Waals surface area contributed by atoms with E-state index in [0.29, 0.717) is 11.6 Å². The zero-order valence-corrected chi connectivity index (χ0v) is 24.6. The van der Waals surface area contributed by atoms with Gasteiger partial charge < -0.3 is 42.4 Å². The Morgan fingerprint density at radius 3 is 2.15 bits per heavy atom. The minimum atomic E-state index is -4.84. The molecule has 1 aliphatic rings. The second-order valence-electron chi connectivity index (χ2n) is 10.6. The van der Waals surface area contributed by atoms with Crippen LogP contribution in [0.4, 0.5) is 32.0 Å². The summed E-state index contributed by atoms with van der Waals surface area (Å²) in [7, 11) is -1.66. The largest absolute Gasteiger partial charge is 0.491 e. The van der Waals surface area contributed by atoms with E-state index in [1.807, 2.05) is 0 Å². The second kappa shape index (κ2) is 15.7. The van der Waals surface area contributed by atoms with Gasteiger partial charge >= 0.3 is 19.5 Å². The molecule has 2 aromatic rings. The molecule has 1 heterocycles. The van der Waals surface area contributed by atoms with Crippen molar-refractivity contribution >= 4 is 36.0 Å². The van der Waals surface area contributed by atoms with Crippen LogP contribution in [0.3, 0.4) is 0 Å². The molecule has 3 amide bonds. The number of carbonyl (C=O) groups excluding carboxylic acids is 3. The highest BCUT2D eigenvalue weighted by Gasteiger charge is 2.40. The van der Waals surface area contributed by atoms with Gasteiger partial charge in [0.05, 0.1) is 23.8 Å². The van der Waals surface area contributed by atoms with Crippen LogP contribution in [0, 0.1) is 0 Å². The minimum Gasteiger partial charge on any atom is -0.423 e. The molecule has 18 heteroatoms. The summed E-state index contributed by atoms with van der Waals surface area (Å²) in [5.74, 6) is -2.15. The van der Waals surface area contributed by atoms with Crippen molar-refractivity contribution in [3.8, 4) is 0 Å². The van der Waals surface area contributed by atoms with Gasteiger partial charge in [0.15, 0.2) is 0 Å². The molecule has 46 heavy (non-hydrogen) atoms. The van der Waals surface area contributed by atoms with Crippen molar-refractivity contribution in [2.24, 2.45) is 17.2 Å². The molecule has 1 aliphatic heterocycles.